The Bertz CT molecular complexity index is 135. The Morgan fingerprint density at radius 2 is 2.07 bits per heavy atom. The molecule has 0 radical (unpaired) electrons. The summed E-state index contributed by atoms with van der Waals surface area (Å²) in [6.45, 7) is 5.72. The van der Waals surface area contributed by atoms with E-state index in [0.717, 1.165) is 25.5 Å². The van der Waals surface area contributed by atoms with Crippen LogP contribution in [0.15, 0.2) is 0 Å². The molecule has 1 heterocycles. The highest BCUT2D eigenvalue weighted by Crippen LogP contribution is 2.12. The van der Waals surface area contributed by atoms with E-state index in [4.69, 9.17) is 4.74 Å². The third kappa shape index (κ3) is 4.94. The molecule has 0 aromatic rings. The quantitative estimate of drug-likeness (QED) is 0.646. The van der Waals surface area contributed by atoms with Gasteiger partial charge in [-0.2, -0.15) is 0 Å². The van der Waals surface area contributed by atoms with Gasteiger partial charge in [-0.25, -0.2) is 0 Å². The Labute approximate surface area is 87.8 Å². The van der Waals surface area contributed by atoms with Gasteiger partial charge < -0.3 is 15.0 Å². The average molecular weight is 200 g/mol. The normalized spacial score (nSPS) is 19.1. The van der Waals surface area contributed by atoms with Gasteiger partial charge in [0.15, 0.2) is 0 Å². The van der Waals surface area contributed by atoms with Crippen molar-refractivity contribution in [2.24, 2.45) is 5.92 Å². The van der Waals surface area contributed by atoms with E-state index >= 15 is 0 Å². The van der Waals surface area contributed by atoms with Gasteiger partial charge in [0, 0.05) is 26.8 Å². The molecule has 0 atom stereocenters. The summed E-state index contributed by atoms with van der Waals surface area (Å²) in [6.07, 6.45) is 3.83. The Kier molecular flexibility index (Phi) is 6.15. The van der Waals surface area contributed by atoms with Gasteiger partial charge in [-0.3, -0.25) is 0 Å². The summed E-state index contributed by atoms with van der Waals surface area (Å²) in [6, 6.07) is 0. The molecule has 84 valence electrons. The van der Waals surface area contributed by atoms with E-state index in [1.165, 1.54) is 32.5 Å². The monoisotopic (exact) mass is 200 g/mol. The molecule has 1 aliphatic heterocycles. The molecule has 0 bridgehead atoms. The first-order valence-electron chi connectivity index (χ1n) is 5.71. The molecule has 1 N–H and O–H groups in total. The number of nitrogens with one attached hydrogen (secondary N) is 1. The van der Waals surface area contributed by atoms with Crippen LogP contribution >= 0.6 is 0 Å². The van der Waals surface area contributed by atoms with E-state index in [1.54, 1.807) is 7.11 Å². The van der Waals surface area contributed by atoms with E-state index < -0.39 is 0 Å². The number of ether oxygens (including phenoxy) is 1. The molecule has 0 aliphatic carbocycles. The SMILES string of the molecule is COCCCN(C)CC1CCNCC1. The summed E-state index contributed by atoms with van der Waals surface area (Å²) in [4.78, 5) is 2.44. The number of rotatable bonds is 6. The van der Waals surface area contributed by atoms with Crippen molar-refractivity contribution >= 4 is 0 Å². The minimum Gasteiger partial charge on any atom is -0.385 e. The van der Waals surface area contributed by atoms with E-state index in [1.807, 2.05) is 0 Å². The second kappa shape index (κ2) is 7.21. The highest BCUT2D eigenvalue weighted by atomic mass is 16.5. The summed E-state index contributed by atoms with van der Waals surface area (Å²) in [7, 11) is 3.99. The van der Waals surface area contributed by atoms with Gasteiger partial charge in [-0.1, -0.05) is 0 Å². The predicted molar refractivity (Wildman–Crippen MR) is 59.6 cm³/mol. The van der Waals surface area contributed by atoms with Gasteiger partial charge in [-0.15, -0.1) is 0 Å². The van der Waals surface area contributed by atoms with Crippen LogP contribution in [-0.2, 0) is 4.74 Å². The lowest BCUT2D eigenvalue weighted by molar-refractivity contribution is 0.170. The number of piperidine rings is 1. The van der Waals surface area contributed by atoms with Crippen LogP contribution in [0, 0.1) is 5.92 Å². The zero-order chi connectivity index (χ0) is 10.2. The lowest BCUT2D eigenvalue weighted by Crippen LogP contribution is -2.35. The number of hydrogen-bond acceptors (Lipinski definition) is 3. The van der Waals surface area contributed by atoms with Crippen molar-refractivity contribution < 1.29 is 4.74 Å². The molecular formula is C11H24N2O. The van der Waals surface area contributed by atoms with E-state index in [2.05, 4.69) is 17.3 Å². The van der Waals surface area contributed by atoms with Gasteiger partial charge >= 0.3 is 0 Å². The molecule has 1 aliphatic rings. The fourth-order valence-electron chi connectivity index (χ4n) is 2.08. The van der Waals surface area contributed by atoms with Crippen LogP contribution in [0.5, 0.6) is 0 Å². The maximum atomic E-state index is 5.05. The second-order valence-electron chi connectivity index (χ2n) is 4.30. The predicted octanol–water partition coefficient (Wildman–Crippen LogP) is 0.954. The van der Waals surface area contributed by atoms with Crippen molar-refractivity contribution in [2.45, 2.75) is 19.3 Å². The Hall–Kier alpha value is -0.120. The van der Waals surface area contributed by atoms with E-state index in [0.29, 0.717) is 0 Å². The summed E-state index contributed by atoms with van der Waals surface area (Å²) in [5.41, 5.74) is 0. The average Bonchev–Trinajstić information content (AvgIpc) is 2.20. The smallest absolute Gasteiger partial charge is 0.0474 e. The van der Waals surface area contributed by atoms with Crippen molar-refractivity contribution in [3.05, 3.63) is 0 Å². The van der Waals surface area contributed by atoms with Crippen LogP contribution in [0.2, 0.25) is 0 Å². The van der Waals surface area contributed by atoms with Crippen LogP contribution in [0.3, 0.4) is 0 Å². The molecule has 0 amide bonds. The van der Waals surface area contributed by atoms with Gasteiger partial charge in [0.1, 0.15) is 0 Å². The molecule has 3 heteroatoms. The molecular weight excluding hydrogens is 176 g/mol. The molecule has 0 aromatic carbocycles. The third-order valence-corrected chi connectivity index (χ3v) is 2.92. The minimum atomic E-state index is 0.885. The molecule has 1 saturated heterocycles. The zero-order valence-electron chi connectivity index (χ0n) is 9.59. The van der Waals surface area contributed by atoms with Crippen LogP contribution in [0.1, 0.15) is 19.3 Å². The van der Waals surface area contributed by atoms with Crippen molar-refractivity contribution in [3.63, 3.8) is 0 Å². The maximum Gasteiger partial charge on any atom is 0.0474 e. The van der Waals surface area contributed by atoms with E-state index in [9.17, 15) is 0 Å². The van der Waals surface area contributed by atoms with E-state index in [-0.39, 0.29) is 0 Å². The first kappa shape index (κ1) is 12.0. The topological polar surface area (TPSA) is 24.5 Å². The van der Waals surface area contributed by atoms with Crippen LogP contribution in [0.25, 0.3) is 0 Å². The molecule has 0 spiro atoms. The van der Waals surface area contributed by atoms with Gasteiger partial charge in [0.2, 0.25) is 0 Å². The fraction of sp³-hybridized carbons (Fsp3) is 1.00. The Balaban J connectivity index is 2.03. The Morgan fingerprint density at radius 1 is 1.36 bits per heavy atom. The fourth-order valence-corrected chi connectivity index (χ4v) is 2.08. The maximum absolute atomic E-state index is 5.05. The molecule has 1 rings (SSSR count). The molecule has 14 heavy (non-hydrogen) atoms. The molecule has 3 nitrogen and oxygen atoms in total. The number of hydrogen-bond donors (Lipinski definition) is 1. The largest absolute Gasteiger partial charge is 0.385 e. The highest BCUT2D eigenvalue weighted by Gasteiger charge is 2.14. The first-order chi connectivity index (χ1) is 6.83. The zero-order valence-corrected chi connectivity index (χ0v) is 9.59. The van der Waals surface area contributed by atoms with Crippen LogP contribution in [0.4, 0.5) is 0 Å². The van der Waals surface area contributed by atoms with Crippen molar-refractivity contribution in [1.29, 1.82) is 0 Å². The molecule has 0 unspecified atom stereocenters. The summed E-state index contributed by atoms with van der Waals surface area (Å²) >= 11 is 0. The number of nitrogens with zero attached hydrogens (tertiary/aromatic N) is 1. The van der Waals surface area contributed by atoms with Crippen LogP contribution in [-0.4, -0.2) is 51.8 Å². The Morgan fingerprint density at radius 3 is 2.71 bits per heavy atom. The van der Waals surface area contributed by atoms with Crippen molar-refractivity contribution in [1.82, 2.24) is 10.2 Å². The van der Waals surface area contributed by atoms with Gasteiger partial charge in [-0.05, 0) is 45.3 Å². The first-order valence-corrected chi connectivity index (χ1v) is 5.71. The van der Waals surface area contributed by atoms with Crippen LogP contribution < -0.4 is 5.32 Å². The lowest BCUT2D eigenvalue weighted by Gasteiger charge is -2.27. The van der Waals surface area contributed by atoms with Gasteiger partial charge in [0.25, 0.3) is 0 Å². The molecule has 1 fully saturated rings. The number of methoxy groups -OCH3 is 1. The summed E-state index contributed by atoms with van der Waals surface area (Å²) in [5, 5.41) is 3.40. The highest BCUT2D eigenvalue weighted by molar-refractivity contribution is 4.71. The summed E-state index contributed by atoms with van der Waals surface area (Å²) in [5.74, 6) is 0.906. The lowest BCUT2D eigenvalue weighted by atomic mass is 9.98. The molecule has 0 aromatic heterocycles. The molecule has 0 saturated carbocycles. The standard InChI is InChI=1S/C11H24N2O/c1-13(8-3-9-14-2)10-11-4-6-12-7-5-11/h11-12H,3-10H2,1-2H3. The summed E-state index contributed by atoms with van der Waals surface area (Å²) < 4.78 is 5.05. The third-order valence-electron chi connectivity index (χ3n) is 2.92. The second-order valence-corrected chi connectivity index (χ2v) is 4.30. The van der Waals surface area contributed by atoms with Crippen molar-refractivity contribution in [2.75, 3.05) is 46.9 Å². The van der Waals surface area contributed by atoms with Gasteiger partial charge in [0.05, 0.1) is 0 Å². The minimum absolute atomic E-state index is 0.885. The van der Waals surface area contributed by atoms with Crippen molar-refractivity contribution in [3.8, 4) is 0 Å².